The zero-order valence-corrected chi connectivity index (χ0v) is 13.4. The maximum Gasteiger partial charge on any atom is 0.216 e. The Morgan fingerprint density at radius 1 is 1.40 bits per heavy atom. The molecule has 20 heavy (non-hydrogen) atoms. The van der Waals surface area contributed by atoms with E-state index in [1.165, 1.54) is 18.4 Å². The molecular weight excluding hydrogens is 252 g/mol. The van der Waals surface area contributed by atoms with E-state index in [2.05, 4.69) is 36.2 Å². The molecule has 0 aliphatic carbocycles. The molecule has 1 aromatic rings. The highest BCUT2D eigenvalue weighted by molar-refractivity contribution is 5.35. The van der Waals surface area contributed by atoms with Gasteiger partial charge in [-0.3, -0.25) is 4.90 Å². The van der Waals surface area contributed by atoms with E-state index in [1.54, 1.807) is 7.11 Å². The van der Waals surface area contributed by atoms with Gasteiger partial charge in [-0.2, -0.15) is 5.10 Å². The van der Waals surface area contributed by atoms with E-state index in [1.807, 2.05) is 11.7 Å². The molecule has 2 heterocycles. The molecule has 0 aromatic carbocycles. The van der Waals surface area contributed by atoms with E-state index in [0.717, 1.165) is 31.2 Å². The molecule has 114 valence electrons. The second-order valence-corrected chi connectivity index (χ2v) is 5.77. The van der Waals surface area contributed by atoms with E-state index in [0.29, 0.717) is 12.0 Å². The molecule has 1 aliphatic rings. The van der Waals surface area contributed by atoms with Crippen molar-refractivity contribution in [2.45, 2.75) is 32.7 Å². The number of rotatable bonds is 5. The van der Waals surface area contributed by atoms with Gasteiger partial charge in [-0.25, -0.2) is 4.68 Å². The summed E-state index contributed by atoms with van der Waals surface area (Å²) in [6, 6.07) is 0.395. The maximum atomic E-state index is 5.60. The Labute approximate surface area is 122 Å². The number of hydrogen-bond donors (Lipinski definition) is 1. The lowest BCUT2D eigenvalue weighted by atomic mass is 9.84. The SMILES string of the molecule is CCNCC1CCCN(C)C1c1c(C)nn(C)c1OC. The van der Waals surface area contributed by atoms with E-state index in [4.69, 9.17) is 4.74 Å². The van der Waals surface area contributed by atoms with Gasteiger partial charge in [0.05, 0.1) is 18.4 Å². The number of hydrogen-bond acceptors (Lipinski definition) is 4. The van der Waals surface area contributed by atoms with E-state index < -0.39 is 0 Å². The molecule has 1 aliphatic heterocycles. The molecule has 2 rings (SSSR count). The topological polar surface area (TPSA) is 42.3 Å². The van der Waals surface area contributed by atoms with E-state index in [-0.39, 0.29) is 0 Å². The molecule has 2 unspecified atom stereocenters. The van der Waals surface area contributed by atoms with Crippen LogP contribution in [0.15, 0.2) is 0 Å². The molecule has 0 bridgehead atoms. The number of ether oxygens (including phenoxy) is 1. The summed E-state index contributed by atoms with van der Waals surface area (Å²) in [6.07, 6.45) is 2.53. The van der Waals surface area contributed by atoms with Crippen LogP contribution in [-0.4, -0.2) is 48.5 Å². The molecule has 2 atom stereocenters. The second-order valence-electron chi connectivity index (χ2n) is 5.77. The number of aryl methyl sites for hydroxylation is 2. The Balaban J connectivity index is 2.34. The van der Waals surface area contributed by atoms with Crippen LogP contribution in [-0.2, 0) is 7.05 Å². The zero-order chi connectivity index (χ0) is 14.7. The first-order chi connectivity index (χ1) is 9.60. The van der Waals surface area contributed by atoms with Crippen molar-refractivity contribution in [1.29, 1.82) is 0 Å². The van der Waals surface area contributed by atoms with Gasteiger partial charge in [-0.1, -0.05) is 6.92 Å². The lowest BCUT2D eigenvalue weighted by molar-refractivity contribution is 0.116. The minimum atomic E-state index is 0.395. The maximum absolute atomic E-state index is 5.60. The summed E-state index contributed by atoms with van der Waals surface area (Å²) in [5.74, 6) is 1.52. The van der Waals surface area contributed by atoms with Crippen LogP contribution >= 0.6 is 0 Å². The third kappa shape index (κ3) is 2.83. The Hall–Kier alpha value is -1.07. The van der Waals surface area contributed by atoms with Gasteiger partial charge in [0.25, 0.3) is 0 Å². The second kappa shape index (κ2) is 6.59. The molecule has 1 N–H and O–H groups in total. The van der Waals surface area contributed by atoms with Gasteiger partial charge in [-0.05, 0) is 52.4 Å². The fraction of sp³-hybridized carbons (Fsp3) is 0.800. The lowest BCUT2D eigenvalue weighted by Gasteiger charge is -2.39. The van der Waals surface area contributed by atoms with Crippen LogP contribution in [0.4, 0.5) is 0 Å². The number of methoxy groups -OCH3 is 1. The van der Waals surface area contributed by atoms with Gasteiger partial charge in [0, 0.05) is 13.1 Å². The van der Waals surface area contributed by atoms with Gasteiger partial charge in [0.1, 0.15) is 0 Å². The van der Waals surface area contributed by atoms with Crippen LogP contribution in [0.2, 0.25) is 0 Å². The van der Waals surface area contributed by atoms with Crippen molar-refractivity contribution in [3.8, 4) is 5.88 Å². The molecule has 0 saturated carbocycles. The first-order valence-electron chi connectivity index (χ1n) is 7.58. The van der Waals surface area contributed by atoms with Crippen LogP contribution < -0.4 is 10.1 Å². The minimum Gasteiger partial charge on any atom is -0.481 e. The Kier molecular flexibility index (Phi) is 5.05. The van der Waals surface area contributed by atoms with Crippen molar-refractivity contribution < 1.29 is 4.74 Å². The third-order valence-corrected chi connectivity index (χ3v) is 4.37. The summed E-state index contributed by atoms with van der Waals surface area (Å²) in [6.45, 7) is 7.48. The highest BCUT2D eigenvalue weighted by Gasteiger charge is 2.35. The van der Waals surface area contributed by atoms with Crippen LogP contribution in [0.5, 0.6) is 5.88 Å². The van der Waals surface area contributed by atoms with Crippen molar-refractivity contribution in [1.82, 2.24) is 20.0 Å². The van der Waals surface area contributed by atoms with Crippen LogP contribution in [0.1, 0.15) is 37.1 Å². The average molecular weight is 280 g/mol. The fourth-order valence-electron chi connectivity index (χ4n) is 3.50. The van der Waals surface area contributed by atoms with Gasteiger partial charge >= 0.3 is 0 Å². The van der Waals surface area contributed by atoms with Crippen LogP contribution in [0, 0.1) is 12.8 Å². The summed E-state index contributed by atoms with van der Waals surface area (Å²) in [5, 5.41) is 8.06. The first kappa shape index (κ1) is 15.3. The summed E-state index contributed by atoms with van der Waals surface area (Å²) in [4.78, 5) is 2.46. The number of piperidine rings is 1. The number of nitrogens with zero attached hydrogens (tertiary/aromatic N) is 3. The van der Waals surface area contributed by atoms with Crippen molar-refractivity contribution in [2.75, 3.05) is 33.8 Å². The molecule has 0 spiro atoms. The summed E-state index contributed by atoms with van der Waals surface area (Å²) in [7, 11) is 5.91. The Morgan fingerprint density at radius 2 is 2.15 bits per heavy atom. The largest absolute Gasteiger partial charge is 0.481 e. The fourth-order valence-corrected chi connectivity index (χ4v) is 3.50. The van der Waals surface area contributed by atoms with Gasteiger partial charge in [0.15, 0.2) is 0 Å². The molecule has 1 aromatic heterocycles. The Bertz CT molecular complexity index is 443. The summed E-state index contributed by atoms with van der Waals surface area (Å²) < 4.78 is 7.46. The lowest BCUT2D eigenvalue weighted by Crippen LogP contribution is -2.40. The quantitative estimate of drug-likeness (QED) is 0.892. The molecule has 5 heteroatoms. The Morgan fingerprint density at radius 3 is 2.80 bits per heavy atom. The minimum absolute atomic E-state index is 0.395. The van der Waals surface area contributed by atoms with Crippen LogP contribution in [0.3, 0.4) is 0 Å². The predicted octanol–water partition coefficient (Wildman–Crippen LogP) is 1.73. The normalized spacial score (nSPS) is 24.1. The van der Waals surface area contributed by atoms with Crippen molar-refractivity contribution in [2.24, 2.45) is 13.0 Å². The summed E-state index contributed by atoms with van der Waals surface area (Å²) in [5.41, 5.74) is 2.35. The molecule has 5 nitrogen and oxygen atoms in total. The average Bonchev–Trinajstić information content (AvgIpc) is 2.70. The molecular formula is C15H28N4O. The van der Waals surface area contributed by atoms with Crippen molar-refractivity contribution in [3.05, 3.63) is 11.3 Å². The molecule has 0 radical (unpaired) electrons. The smallest absolute Gasteiger partial charge is 0.216 e. The van der Waals surface area contributed by atoms with Gasteiger partial charge in [-0.15, -0.1) is 0 Å². The third-order valence-electron chi connectivity index (χ3n) is 4.37. The van der Waals surface area contributed by atoms with Gasteiger partial charge in [0.2, 0.25) is 5.88 Å². The van der Waals surface area contributed by atoms with E-state index in [9.17, 15) is 0 Å². The zero-order valence-electron chi connectivity index (χ0n) is 13.4. The predicted molar refractivity (Wildman–Crippen MR) is 81.1 cm³/mol. The number of nitrogens with one attached hydrogen (secondary N) is 1. The first-order valence-corrected chi connectivity index (χ1v) is 7.58. The summed E-state index contributed by atoms with van der Waals surface area (Å²) >= 11 is 0. The standard InChI is InChI=1S/C15H28N4O/c1-6-16-10-12-8-7-9-18(3)14(12)13-11(2)17-19(4)15(13)20-5/h12,14,16H,6-10H2,1-5H3. The number of likely N-dealkylation sites (tertiary alicyclic amines) is 1. The van der Waals surface area contributed by atoms with Gasteiger partial charge < -0.3 is 10.1 Å². The number of aromatic nitrogens is 2. The highest BCUT2D eigenvalue weighted by Crippen LogP contribution is 2.40. The highest BCUT2D eigenvalue weighted by atomic mass is 16.5. The van der Waals surface area contributed by atoms with Crippen LogP contribution in [0.25, 0.3) is 0 Å². The van der Waals surface area contributed by atoms with Crippen molar-refractivity contribution >= 4 is 0 Å². The van der Waals surface area contributed by atoms with E-state index >= 15 is 0 Å². The monoisotopic (exact) mass is 280 g/mol. The van der Waals surface area contributed by atoms with Crippen molar-refractivity contribution in [3.63, 3.8) is 0 Å². The molecule has 1 fully saturated rings. The molecule has 0 amide bonds. The molecule has 1 saturated heterocycles.